The zero-order valence-corrected chi connectivity index (χ0v) is 16.3. The first-order chi connectivity index (χ1) is 8.10. The zero-order valence-electron chi connectivity index (χ0n) is 12.3. The summed E-state index contributed by atoms with van der Waals surface area (Å²) < 4.78 is 5.36. The van der Waals surface area contributed by atoms with Gasteiger partial charge < -0.3 is 24.8 Å². The molecule has 2 aliphatic rings. The molecule has 0 saturated heterocycles. The van der Waals surface area contributed by atoms with Gasteiger partial charge in [0, 0.05) is 0 Å². The summed E-state index contributed by atoms with van der Waals surface area (Å²) in [5.74, 6) is 0. The Morgan fingerprint density at radius 2 is 1.16 bits per heavy atom. The van der Waals surface area contributed by atoms with Gasteiger partial charge in [0.1, 0.15) is 0 Å². The Morgan fingerprint density at radius 3 is 1.37 bits per heavy atom. The van der Waals surface area contributed by atoms with Crippen LogP contribution < -0.4 is 24.8 Å². The average Bonchev–Trinajstić information content (AvgIpc) is 2.88. The van der Waals surface area contributed by atoms with Gasteiger partial charge in [0.15, 0.2) is 0 Å². The third kappa shape index (κ3) is 3.37. The second-order valence-electron chi connectivity index (χ2n) is 5.83. The van der Waals surface area contributed by atoms with Crippen LogP contribution in [0.5, 0.6) is 0 Å². The minimum atomic E-state index is -2.38. The molecule has 19 heavy (non-hydrogen) atoms. The maximum Gasteiger partial charge on any atom is -1.00 e. The normalized spacial score (nSPS) is 16.5. The zero-order chi connectivity index (χ0) is 12.5. The van der Waals surface area contributed by atoms with Crippen LogP contribution in [0.4, 0.5) is 0 Å². The number of rotatable bonds is 4. The molecule has 0 fully saturated rings. The number of hydrogen-bond donors (Lipinski definition) is 0. The van der Waals surface area contributed by atoms with E-state index in [1.54, 1.807) is 0 Å². The van der Waals surface area contributed by atoms with Gasteiger partial charge in [-0.25, -0.2) is 0 Å². The van der Waals surface area contributed by atoms with Crippen LogP contribution >= 0.6 is 0 Å². The van der Waals surface area contributed by atoms with Crippen LogP contribution in [0.25, 0.3) is 0 Å². The van der Waals surface area contributed by atoms with Crippen LogP contribution in [0.3, 0.4) is 0 Å². The summed E-state index contributed by atoms with van der Waals surface area (Å²) in [4.78, 5) is 0. The second-order valence-corrected chi connectivity index (χ2v) is 18.9. The second kappa shape index (κ2) is 8.01. The predicted molar refractivity (Wildman–Crippen MR) is 73.9 cm³/mol. The third-order valence-corrected chi connectivity index (χ3v) is 20.4. The topological polar surface area (TPSA) is 0 Å². The summed E-state index contributed by atoms with van der Waals surface area (Å²) >= 11 is -2.38. The summed E-state index contributed by atoms with van der Waals surface area (Å²) in [6, 6.07) is 0. The van der Waals surface area contributed by atoms with Crippen molar-refractivity contribution in [2.75, 3.05) is 0 Å². The van der Waals surface area contributed by atoms with Crippen molar-refractivity contribution in [1.29, 1.82) is 0 Å². The van der Waals surface area contributed by atoms with E-state index in [0.717, 1.165) is 7.25 Å². The van der Waals surface area contributed by atoms with Gasteiger partial charge in [0.05, 0.1) is 0 Å². The molecule has 0 N–H and O–H groups in total. The summed E-state index contributed by atoms with van der Waals surface area (Å²) in [5, 5.41) is 0. The van der Waals surface area contributed by atoms with E-state index in [1.165, 1.54) is 12.8 Å². The van der Waals surface area contributed by atoms with Crippen LogP contribution in [0.15, 0.2) is 43.0 Å². The summed E-state index contributed by atoms with van der Waals surface area (Å²) in [7, 11) is 0. The van der Waals surface area contributed by atoms with Crippen LogP contribution in [0.2, 0.25) is 7.25 Å². The quantitative estimate of drug-likeness (QED) is 0.619. The van der Waals surface area contributed by atoms with Crippen LogP contribution in [0.1, 0.15) is 40.5 Å². The van der Waals surface area contributed by atoms with E-state index in [1.807, 2.05) is 6.56 Å². The van der Waals surface area contributed by atoms with E-state index in [0.29, 0.717) is 0 Å². The number of allylic oxidation sites excluding steroid dienone is 8. The molecule has 0 nitrogen and oxygen atoms in total. The molecule has 0 atom stereocenters. The molecule has 0 radical (unpaired) electrons. The summed E-state index contributed by atoms with van der Waals surface area (Å²) in [6.07, 6.45) is 16.6. The number of hydrogen-bond acceptors (Lipinski definition) is 0. The average molecular weight is 378 g/mol. The van der Waals surface area contributed by atoms with E-state index in [-0.39, 0.29) is 24.8 Å². The maximum atomic E-state index is 2.47. The fraction of sp³-hybridized carbons (Fsp3) is 0.500. The van der Waals surface area contributed by atoms with Crippen molar-refractivity contribution < 1.29 is 45.1 Å². The van der Waals surface area contributed by atoms with Gasteiger partial charge in [0.25, 0.3) is 0 Å². The SMILES string of the molecule is C[CH](C)[Zr+2]([C]1=CC=CC1)([C]1=CC=CC1)[CH](C)C.[Cl-].[Cl-]. The Balaban J connectivity index is 0.00000162. The van der Waals surface area contributed by atoms with Gasteiger partial charge in [-0.3, -0.25) is 0 Å². The number of halogens is 2. The van der Waals surface area contributed by atoms with E-state index < -0.39 is 20.3 Å². The smallest absolute Gasteiger partial charge is 1.00 e. The molecule has 0 saturated carbocycles. The van der Waals surface area contributed by atoms with Gasteiger partial charge in [-0.1, -0.05) is 0 Å². The predicted octanol–water partition coefficient (Wildman–Crippen LogP) is -0.507. The van der Waals surface area contributed by atoms with Crippen molar-refractivity contribution in [2.45, 2.75) is 47.8 Å². The van der Waals surface area contributed by atoms with E-state index in [4.69, 9.17) is 0 Å². The molecule has 2 aliphatic carbocycles. The Bertz CT molecular complexity index is 374. The first-order valence-electron chi connectivity index (χ1n) is 6.82. The maximum absolute atomic E-state index is 2.47. The van der Waals surface area contributed by atoms with Crippen molar-refractivity contribution in [3.8, 4) is 0 Å². The van der Waals surface area contributed by atoms with Gasteiger partial charge in [-0.05, 0) is 0 Å². The molecular formula is C16H24Cl2Zr. The van der Waals surface area contributed by atoms with Gasteiger partial charge in [-0.2, -0.15) is 0 Å². The largest absolute Gasteiger partial charge is 1.00 e. The molecule has 3 heteroatoms. The van der Waals surface area contributed by atoms with Gasteiger partial charge in [0.2, 0.25) is 0 Å². The Labute approximate surface area is 135 Å². The summed E-state index contributed by atoms with van der Waals surface area (Å²) in [5.41, 5.74) is 0. The Kier molecular flexibility index (Phi) is 8.19. The first-order valence-corrected chi connectivity index (χ1v) is 12.1. The molecule has 0 aromatic rings. The third-order valence-electron chi connectivity index (χ3n) is 4.43. The molecule has 0 unspecified atom stereocenters. The molecule has 0 bridgehead atoms. The molecule has 0 spiro atoms. The van der Waals surface area contributed by atoms with E-state index in [9.17, 15) is 0 Å². The van der Waals surface area contributed by atoms with Crippen molar-refractivity contribution in [2.24, 2.45) is 0 Å². The standard InChI is InChI=1S/2C5H5.2C3H7.2ClH.Zr/c2*1-2-4-5-3-1;2*1-3-2;;;/h2*1-3H,4H2;2*3H,1-2H3;2*1H;/q;;;;;;+2/p-2. The van der Waals surface area contributed by atoms with Gasteiger partial charge in [-0.15, -0.1) is 0 Å². The first kappa shape index (κ1) is 19.4. The van der Waals surface area contributed by atoms with Crippen molar-refractivity contribution in [3.63, 3.8) is 0 Å². The molecule has 0 heterocycles. The van der Waals surface area contributed by atoms with Crippen LogP contribution in [-0.4, -0.2) is 0 Å². The Morgan fingerprint density at radius 1 is 0.789 bits per heavy atom. The fourth-order valence-electron chi connectivity index (χ4n) is 3.86. The molecule has 2 rings (SSSR count). The van der Waals surface area contributed by atoms with Crippen LogP contribution in [0, 0.1) is 0 Å². The molecule has 0 amide bonds. The molecule has 0 aromatic carbocycles. The minimum Gasteiger partial charge on any atom is -1.00 e. The molecule has 106 valence electrons. The fourth-order valence-corrected chi connectivity index (χ4v) is 19.5. The minimum absolute atomic E-state index is 0. The van der Waals surface area contributed by atoms with Crippen molar-refractivity contribution in [1.82, 2.24) is 0 Å². The van der Waals surface area contributed by atoms with E-state index in [2.05, 4.69) is 64.2 Å². The van der Waals surface area contributed by atoms with Crippen molar-refractivity contribution >= 4 is 0 Å². The monoisotopic (exact) mass is 376 g/mol. The molecular weight excluding hydrogens is 354 g/mol. The molecule has 0 aromatic heterocycles. The summed E-state index contributed by atoms with van der Waals surface area (Å²) in [6.45, 7) is 9.87. The van der Waals surface area contributed by atoms with E-state index >= 15 is 0 Å². The van der Waals surface area contributed by atoms with Crippen molar-refractivity contribution in [3.05, 3.63) is 43.0 Å². The van der Waals surface area contributed by atoms with Gasteiger partial charge >= 0.3 is 111 Å². The van der Waals surface area contributed by atoms with Crippen LogP contribution in [-0.2, 0) is 20.3 Å². The molecule has 0 aliphatic heterocycles. The Hall–Kier alpha value is 0.423.